The van der Waals surface area contributed by atoms with E-state index < -0.39 is 0 Å². The van der Waals surface area contributed by atoms with Crippen molar-refractivity contribution in [3.63, 3.8) is 0 Å². The summed E-state index contributed by atoms with van der Waals surface area (Å²) >= 11 is 6.05. The fourth-order valence-electron chi connectivity index (χ4n) is 1.42. The van der Waals surface area contributed by atoms with Gasteiger partial charge in [-0.3, -0.25) is 0 Å². The van der Waals surface area contributed by atoms with Gasteiger partial charge < -0.3 is 9.47 Å². The van der Waals surface area contributed by atoms with Crippen LogP contribution in [0.1, 0.15) is 12.0 Å². The highest BCUT2D eigenvalue weighted by Crippen LogP contribution is 2.15. The lowest BCUT2D eigenvalue weighted by atomic mass is 10.1. The van der Waals surface area contributed by atoms with Crippen LogP contribution in [0.3, 0.4) is 0 Å². The third-order valence-electron chi connectivity index (χ3n) is 2.23. The maximum atomic E-state index is 6.05. The zero-order chi connectivity index (χ0) is 11.1. The lowest BCUT2D eigenvalue weighted by Crippen LogP contribution is -2.08. The minimum absolute atomic E-state index is 0.0844. The van der Waals surface area contributed by atoms with Crippen molar-refractivity contribution in [2.45, 2.75) is 18.2 Å². The Bertz CT molecular complexity index is 289. The van der Waals surface area contributed by atoms with Crippen LogP contribution < -0.4 is 4.74 Å². The van der Waals surface area contributed by atoms with Crippen LogP contribution in [0.25, 0.3) is 0 Å². The normalized spacial score (nSPS) is 12.5. The molecule has 0 fully saturated rings. The average molecular weight is 229 g/mol. The monoisotopic (exact) mass is 228 g/mol. The molecule has 2 nitrogen and oxygen atoms in total. The van der Waals surface area contributed by atoms with Gasteiger partial charge in [-0.2, -0.15) is 0 Å². The molecule has 0 spiro atoms. The van der Waals surface area contributed by atoms with Gasteiger partial charge in [-0.1, -0.05) is 12.1 Å². The number of benzene rings is 1. The first-order valence-corrected chi connectivity index (χ1v) is 5.46. The Morgan fingerprint density at radius 3 is 2.80 bits per heavy atom. The molecule has 1 aromatic rings. The second-order valence-corrected chi connectivity index (χ2v) is 4.06. The van der Waals surface area contributed by atoms with Gasteiger partial charge in [-0.15, -0.1) is 11.6 Å². The molecule has 0 aliphatic rings. The van der Waals surface area contributed by atoms with Gasteiger partial charge in [0, 0.05) is 7.11 Å². The maximum Gasteiger partial charge on any atom is 0.119 e. The fourth-order valence-corrected chi connectivity index (χ4v) is 1.65. The Morgan fingerprint density at radius 2 is 2.13 bits per heavy atom. The minimum atomic E-state index is 0.0844. The van der Waals surface area contributed by atoms with Crippen molar-refractivity contribution in [3.8, 4) is 5.75 Å². The number of aryl methyl sites for hydroxylation is 1. The van der Waals surface area contributed by atoms with Crippen LogP contribution in [-0.2, 0) is 11.2 Å². The molecule has 0 saturated carbocycles. The zero-order valence-electron chi connectivity index (χ0n) is 9.20. The van der Waals surface area contributed by atoms with E-state index in [1.54, 1.807) is 14.2 Å². The van der Waals surface area contributed by atoms with Crippen molar-refractivity contribution in [2.75, 3.05) is 20.8 Å². The molecule has 0 saturated heterocycles. The Kier molecular flexibility index (Phi) is 5.51. The molecule has 1 unspecified atom stereocenters. The van der Waals surface area contributed by atoms with Crippen LogP contribution in [0, 0.1) is 0 Å². The van der Waals surface area contributed by atoms with Gasteiger partial charge in [0.05, 0.1) is 19.1 Å². The number of ether oxygens (including phenoxy) is 2. The summed E-state index contributed by atoms with van der Waals surface area (Å²) in [4.78, 5) is 0. The molecule has 0 N–H and O–H groups in total. The van der Waals surface area contributed by atoms with Crippen LogP contribution in [-0.4, -0.2) is 26.2 Å². The van der Waals surface area contributed by atoms with Gasteiger partial charge in [-0.25, -0.2) is 0 Å². The maximum absolute atomic E-state index is 6.05. The van der Waals surface area contributed by atoms with Crippen LogP contribution in [0.4, 0.5) is 0 Å². The van der Waals surface area contributed by atoms with Crippen LogP contribution in [0.2, 0.25) is 0 Å². The van der Waals surface area contributed by atoms with Crippen molar-refractivity contribution in [2.24, 2.45) is 0 Å². The average Bonchev–Trinajstić information content (AvgIpc) is 2.27. The first-order chi connectivity index (χ1) is 7.26. The second-order valence-electron chi connectivity index (χ2n) is 3.44. The summed E-state index contributed by atoms with van der Waals surface area (Å²) in [5.74, 6) is 0.894. The summed E-state index contributed by atoms with van der Waals surface area (Å²) in [5.41, 5.74) is 1.25. The predicted octanol–water partition coefficient (Wildman–Crippen LogP) is 2.88. The summed E-state index contributed by atoms with van der Waals surface area (Å²) in [6.45, 7) is 0.603. The Balaban J connectivity index is 2.43. The first-order valence-electron chi connectivity index (χ1n) is 5.02. The van der Waals surface area contributed by atoms with E-state index in [-0.39, 0.29) is 5.38 Å². The molecule has 1 aromatic carbocycles. The highest BCUT2D eigenvalue weighted by molar-refractivity contribution is 6.20. The summed E-state index contributed by atoms with van der Waals surface area (Å²) in [7, 11) is 3.34. The van der Waals surface area contributed by atoms with E-state index in [1.807, 2.05) is 18.2 Å². The van der Waals surface area contributed by atoms with Gasteiger partial charge in [0.1, 0.15) is 5.75 Å². The van der Waals surface area contributed by atoms with E-state index in [9.17, 15) is 0 Å². The molecular weight excluding hydrogens is 212 g/mol. The van der Waals surface area contributed by atoms with Crippen LogP contribution in [0.15, 0.2) is 24.3 Å². The van der Waals surface area contributed by atoms with E-state index in [0.717, 1.165) is 18.6 Å². The smallest absolute Gasteiger partial charge is 0.119 e. The van der Waals surface area contributed by atoms with E-state index in [4.69, 9.17) is 21.1 Å². The van der Waals surface area contributed by atoms with Crippen LogP contribution >= 0.6 is 11.6 Å². The molecule has 0 radical (unpaired) electrons. The molecule has 15 heavy (non-hydrogen) atoms. The van der Waals surface area contributed by atoms with E-state index in [1.165, 1.54) is 5.56 Å². The lowest BCUT2D eigenvalue weighted by molar-refractivity contribution is 0.195. The first kappa shape index (κ1) is 12.3. The van der Waals surface area contributed by atoms with Crippen molar-refractivity contribution in [3.05, 3.63) is 29.8 Å². The predicted molar refractivity (Wildman–Crippen MR) is 62.8 cm³/mol. The third-order valence-corrected chi connectivity index (χ3v) is 2.57. The molecule has 84 valence electrons. The van der Waals surface area contributed by atoms with Gasteiger partial charge in [0.2, 0.25) is 0 Å². The van der Waals surface area contributed by atoms with Gasteiger partial charge >= 0.3 is 0 Å². The summed E-state index contributed by atoms with van der Waals surface area (Å²) < 4.78 is 10.1. The zero-order valence-corrected chi connectivity index (χ0v) is 9.96. The molecule has 0 bridgehead atoms. The molecule has 0 aliphatic carbocycles. The number of halogens is 1. The Hall–Kier alpha value is -0.730. The minimum Gasteiger partial charge on any atom is -0.497 e. The van der Waals surface area contributed by atoms with Crippen molar-refractivity contribution >= 4 is 11.6 Å². The molecule has 0 heterocycles. The molecule has 0 aliphatic heterocycles. The summed E-state index contributed by atoms with van der Waals surface area (Å²) in [5, 5.41) is 0.0844. The fraction of sp³-hybridized carbons (Fsp3) is 0.500. The number of methoxy groups -OCH3 is 2. The summed E-state index contributed by atoms with van der Waals surface area (Å²) in [6.07, 6.45) is 1.87. The number of hydrogen-bond acceptors (Lipinski definition) is 2. The summed E-state index contributed by atoms with van der Waals surface area (Å²) in [6, 6.07) is 8.06. The van der Waals surface area contributed by atoms with E-state index in [2.05, 4.69) is 6.07 Å². The number of hydrogen-bond donors (Lipinski definition) is 0. The number of rotatable bonds is 6. The molecule has 0 aromatic heterocycles. The topological polar surface area (TPSA) is 18.5 Å². The second kappa shape index (κ2) is 6.70. The standard InChI is InChI=1S/C12H17ClO2/c1-14-9-11(13)7-6-10-4-3-5-12(8-10)15-2/h3-5,8,11H,6-7,9H2,1-2H3. The molecular formula is C12H17ClO2. The van der Waals surface area contributed by atoms with Crippen LogP contribution in [0.5, 0.6) is 5.75 Å². The quantitative estimate of drug-likeness (QED) is 0.698. The van der Waals surface area contributed by atoms with Crippen molar-refractivity contribution < 1.29 is 9.47 Å². The largest absolute Gasteiger partial charge is 0.497 e. The Labute approximate surface area is 96.2 Å². The van der Waals surface area contributed by atoms with E-state index in [0.29, 0.717) is 6.61 Å². The molecule has 1 atom stereocenters. The highest BCUT2D eigenvalue weighted by Gasteiger charge is 2.04. The molecule has 0 amide bonds. The van der Waals surface area contributed by atoms with E-state index >= 15 is 0 Å². The number of alkyl halides is 1. The molecule has 1 rings (SSSR count). The SMILES string of the molecule is COCC(Cl)CCc1cccc(OC)c1. The van der Waals surface area contributed by atoms with Gasteiger partial charge in [0.15, 0.2) is 0 Å². The van der Waals surface area contributed by atoms with Crippen molar-refractivity contribution in [1.29, 1.82) is 0 Å². The third kappa shape index (κ3) is 4.54. The van der Waals surface area contributed by atoms with Gasteiger partial charge in [0.25, 0.3) is 0 Å². The Morgan fingerprint density at radius 1 is 1.33 bits per heavy atom. The lowest BCUT2D eigenvalue weighted by Gasteiger charge is -2.08. The highest BCUT2D eigenvalue weighted by atomic mass is 35.5. The molecule has 3 heteroatoms. The van der Waals surface area contributed by atoms with Gasteiger partial charge in [-0.05, 0) is 30.5 Å². The van der Waals surface area contributed by atoms with Crippen molar-refractivity contribution in [1.82, 2.24) is 0 Å².